The van der Waals surface area contributed by atoms with Gasteiger partial charge in [0, 0.05) is 15.5 Å². The normalized spacial score (nSPS) is 12.6. The smallest absolute Gasteiger partial charge is 0.220 e. The van der Waals surface area contributed by atoms with Gasteiger partial charge in [-0.2, -0.15) is 9.97 Å². The van der Waals surface area contributed by atoms with Gasteiger partial charge in [-0.25, -0.2) is 0 Å². The maximum absolute atomic E-state index is 11.8. The number of rotatable bonds is 7. The predicted octanol–water partition coefficient (Wildman–Crippen LogP) is 4.44. The van der Waals surface area contributed by atoms with Crippen LogP contribution in [0.4, 0.5) is 0 Å². The van der Waals surface area contributed by atoms with Crippen molar-refractivity contribution in [2.75, 3.05) is 14.2 Å². The highest BCUT2D eigenvalue weighted by molar-refractivity contribution is 8.00. The summed E-state index contributed by atoms with van der Waals surface area (Å²) in [5, 5.41) is 0.948. The van der Waals surface area contributed by atoms with Crippen molar-refractivity contribution in [3.63, 3.8) is 0 Å². The van der Waals surface area contributed by atoms with Crippen LogP contribution in [0.1, 0.15) is 19.4 Å². The van der Waals surface area contributed by atoms with E-state index < -0.39 is 10.7 Å². The molecule has 0 aliphatic rings. The molecule has 0 radical (unpaired) electrons. The molecule has 0 saturated carbocycles. The third kappa shape index (κ3) is 4.57. The Bertz CT molecular complexity index is 749. The number of ether oxygens (including phenoxy) is 2. The molecule has 134 valence electrons. The molecule has 2 rings (SSSR count). The maximum atomic E-state index is 11.8. The first-order chi connectivity index (χ1) is 11.8. The molecule has 0 N–H and O–H groups in total. The number of benzene rings is 1. The van der Waals surface area contributed by atoms with Gasteiger partial charge in [0.2, 0.25) is 11.8 Å². The number of methoxy groups -OCH3 is 2. The van der Waals surface area contributed by atoms with Crippen molar-refractivity contribution in [3.8, 4) is 11.8 Å². The zero-order valence-corrected chi connectivity index (χ0v) is 16.6. The van der Waals surface area contributed by atoms with E-state index in [0.29, 0.717) is 27.0 Å². The van der Waals surface area contributed by atoms with Crippen LogP contribution in [0.15, 0.2) is 29.4 Å². The van der Waals surface area contributed by atoms with E-state index >= 15 is 0 Å². The average molecular weight is 401 g/mol. The van der Waals surface area contributed by atoms with Gasteiger partial charge in [0.15, 0.2) is 5.16 Å². The number of aromatic nitrogens is 2. The van der Waals surface area contributed by atoms with E-state index in [1.54, 1.807) is 18.2 Å². The molecule has 8 heteroatoms. The summed E-state index contributed by atoms with van der Waals surface area (Å²) in [6.07, 6.45) is 0.866. The minimum atomic E-state index is -0.576. The fraction of sp³-hybridized carbons (Fsp3) is 0.353. The number of carbonyl (C=O) groups is 1. The molecule has 0 saturated heterocycles. The molecule has 0 amide bonds. The summed E-state index contributed by atoms with van der Waals surface area (Å²) in [4.78, 5) is 20.3. The van der Waals surface area contributed by atoms with E-state index in [2.05, 4.69) is 9.97 Å². The first-order valence-corrected chi connectivity index (χ1v) is 9.00. The van der Waals surface area contributed by atoms with Crippen LogP contribution in [-0.2, 0) is 10.2 Å². The molecule has 1 aromatic carbocycles. The number of carbonyl (C=O) groups excluding carboxylic acids is 1. The molecule has 1 unspecified atom stereocenters. The molecular formula is C17H18Cl2N2O3S. The van der Waals surface area contributed by atoms with Gasteiger partial charge in [0.1, 0.15) is 6.29 Å². The quantitative estimate of drug-likeness (QED) is 0.388. The Morgan fingerprint density at radius 2 is 1.72 bits per heavy atom. The highest BCUT2D eigenvalue weighted by Gasteiger charge is 2.34. The van der Waals surface area contributed by atoms with Gasteiger partial charge in [-0.3, -0.25) is 0 Å². The lowest BCUT2D eigenvalue weighted by atomic mass is 9.81. The van der Waals surface area contributed by atoms with Crippen molar-refractivity contribution in [2.45, 2.75) is 29.7 Å². The number of aldehydes is 1. The summed E-state index contributed by atoms with van der Waals surface area (Å²) in [7, 11) is 3.01. The Kier molecular flexibility index (Phi) is 6.54. The average Bonchev–Trinajstić information content (AvgIpc) is 2.58. The molecule has 25 heavy (non-hydrogen) atoms. The van der Waals surface area contributed by atoms with Gasteiger partial charge in [-0.15, -0.1) is 0 Å². The first kappa shape index (κ1) is 19.8. The lowest BCUT2D eigenvalue weighted by Gasteiger charge is -2.31. The van der Waals surface area contributed by atoms with Crippen LogP contribution in [0.5, 0.6) is 11.8 Å². The van der Waals surface area contributed by atoms with Crippen LogP contribution in [0, 0.1) is 0 Å². The lowest BCUT2D eigenvalue weighted by molar-refractivity contribution is -0.108. The lowest BCUT2D eigenvalue weighted by Crippen LogP contribution is -2.33. The summed E-state index contributed by atoms with van der Waals surface area (Å²) in [5.74, 6) is 0.725. The van der Waals surface area contributed by atoms with Crippen LogP contribution in [0.25, 0.3) is 0 Å². The second-order valence-corrected chi connectivity index (χ2v) is 7.71. The SMILES string of the molecule is COc1cc(OC)nc(SC(C=O)C(C)(C)c2ccc(Cl)cc2Cl)n1. The van der Waals surface area contributed by atoms with Crippen molar-refractivity contribution in [2.24, 2.45) is 0 Å². The van der Waals surface area contributed by atoms with Crippen LogP contribution >= 0.6 is 35.0 Å². The van der Waals surface area contributed by atoms with Crippen molar-refractivity contribution < 1.29 is 14.3 Å². The Morgan fingerprint density at radius 3 is 2.20 bits per heavy atom. The predicted molar refractivity (Wildman–Crippen MR) is 100 cm³/mol. The topological polar surface area (TPSA) is 61.3 Å². The van der Waals surface area contributed by atoms with E-state index in [-0.39, 0.29) is 0 Å². The summed E-state index contributed by atoms with van der Waals surface area (Å²) in [6.45, 7) is 3.87. The van der Waals surface area contributed by atoms with E-state index in [4.69, 9.17) is 32.7 Å². The van der Waals surface area contributed by atoms with Crippen molar-refractivity contribution in [3.05, 3.63) is 39.9 Å². The van der Waals surface area contributed by atoms with E-state index in [1.807, 2.05) is 19.9 Å². The molecule has 0 aliphatic carbocycles. The Hall–Kier alpha value is -1.50. The molecule has 1 atom stereocenters. The Morgan fingerprint density at radius 1 is 1.12 bits per heavy atom. The number of hydrogen-bond acceptors (Lipinski definition) is 6. The summed E-state index contributed by atoms with van der Waals surface area (Å²) in [6, 6.07) is 6.82. The fourth-order valence-electron chi connectivity index (χ4n) is 2.27. The van der Waals surface area contributed by atoms with Gasteiger partial charge in [0.05, 0.1) is 25.5 Å². The summed E-state index contributed by atoms with van der Waals surface area (Å²) >= 11 is 13.5. The molecule has 5 nitrogen and oxygen atoms in total. The largest absolute Gasteiger partial charge is 0.481 e. The zero-order valence-electron chi connectivity index (χ0n) is 14.2. The Balaban J connectivity index is 2.37. The van der Waals surface area contributed by atoms with E-state index in [9.17, 15) is 4.79 Å². The molecule has 0 spiro atoms. The Labute approximate surface area is 161 Å². The van der Waals surface area contributed by atoms with Gasteiger partial charge in [-0.05, 0) is 17.7 Å². The standard InChI is InChI=1S/C17H18Cl2N2O3S/c1-17(2,11-6-5-10(18)7-12(11)19)13(9-22)25-16-20-14(23-3)8-15(21-16)24-4/h5-9,13H,1-4H3. The van der Waals surface area contributed by atoms with Gasteiger partial charge >= 0.3 is 0 Å². The minimum absolute atomic E-state index is 0.362. The van der Waals surface area contributed by atoms with Crippen molar-refractivity contribution in [1.82, 2.24) is 9.97 Å². The number of hydrogen-bond donors (Lipinski definition) is 0. The molecule has 1 aromatic heterocycles. The number of thioether (sulfide) groups is 1. The van der Waals surface area contributed by atoms with Crippen LogP contribution in [-0.4, -0.2) is 35.7 Å². The third-order valence-corrected chi connectivity index (χ3v) is 5.66. The summed E-state index contributed by atoms with van der Waals surface area (Å²) in [5.41, 5.74) is 0.242. The second-order valence-electron chi connectivity index (χ2n) is 5.76. The van der Waals surface area contributed by atoms with Crippen LogP contribution in [0.3, 0.4) is 0 Å². The second kappa shape index (κ2) is 8.25. The van der Waals surface area contributed by atoms with Gasteiger partial charge in [0.25, 0.3) is 0 Å². The van der Waals surface area contributed by atoms with Crippen LogP contribution < -0.4 is 9.47 Å². The molecular weight excluding hydrogens is 383 g/mol. The summed E-state index contributed by atoms with van der Waals surface area (Å²) < 4.78 is 10.3. The minimum Gasteiger partial charge on any atom is -0.481 e. The van der Waals surface area contributed by atoms with Gasteiger partial charge < -0.3 is 14.3 Å². The highest BCUT2D eigenvalue weighted by atomic mass is 35.5. The van der Waals surface area contributed by atoms with Crippen molar-refractivity contribution in [1.29, 1.82) is 0 Å². The zero-order chi connectivity index (χ0) is 18.6. The monoisotopic (exact) mass is 400 g/mol. The molecule has 0 bridgehead atoms. The maximum Gasteiger partial charge on any atom is 0.220 e. The van der Waals surface area contributed by atoms with Crippen LogP contribution in [0.2, 0.25) is 10.0 Å². The highest BCUT2D eigenvalue weighted by Crippen LogP contribution is 2.40. The van der Waals surface area contributed by atoms with E-state index in [1.165, 1.54) is 26.0 Å². The number of nitrogens with zero attached hydrogens (tertiary/aromatic N) is 2. The first-order valence-electron chi connectivity index (χ1n) is 7.36. The molecule has 1 heterocycles. The molecule has 0 fully saturated rings. The number of halogens is 2. The van der Waals surface area contributed by atoms with Gasteiger partial charge in [-0.1, -0.05) is 54.9 Å². The third-order valence-electron chi connectivity index (χ3n) is 3.77. The fourth-order valence-corrected chi connectivity index (χ4v) is 3.91. The molecule has 0 aliphatic heterocycles. The van der Waals surface area contributed by atoms with Crippen molar-refractivity contribution >= 4 is 41.2 Å². The molecule has 2 aromatic rings. The van der Waals surface area contributed by atoms with E-state index in [0.717, 1.165) is 11.8 Å².